The van der Waals surface area contributed by atoms with Crippen LogP contribution in [0.3, 0.4) is 0 Å². The number of rotatable bonds is 6. The molecule has 0 saturated carbocycles. The molecule has 1 aromatic heterocycles. The van der Waals surface area contributed by atoms with Gasteiger partial charge in [0.25, 0.3) is 11.5 Å². The second-order valence-electron chi connectivity index (χ2n) is 9.37. The monoisotopic (exact) mass is 678 g/mol. The Bertz CT molecular complexity index is 1590. The van der Waals surface area contributed by atoms with Crippen molar-refractivity contribution in [2.45, 2.75) is 26.2 Å². The fourth-order valence-corrected chi connectivity index (χ4v) is 5.00. The Morgan fingerprint density at radius 2 is 1.82 bits per heavy atom. The van der Waals surface area contributed by atoms with E-state index in [2.05, 4.69) is 42.3 Å². The van der Waals surface area contributed by atoms with Crippen LogP contribution in [0.25, 0.3) is 10.9 Å². The van der Waals surface area contributed by atoms with Gasteiger partial charge in [0, 0.05) is 20.6 Å². The minimum atomic E-state index is -0.444. The van der Waals surface area contributed by atoms with Crippen molar-refractivity contribution in [1.29, 1.82) is 0 Å². The number of fused-ring (bicyclic) bond motifs is 1. The molecule has 1 amide bonds. The summed E-state index contributed by atoms with van der Waals surface area (Å²) in [5.41, 5.74) is 1.08. The van der Waals surface area contributed by atoms with Gasteiger partial charge in [-0.05, 0) is 76.1 Å². The summed E-state index contributed by atoms with van der Waals surface area (Å²) in [5, 5.41) is 8.48. The Morgan fingerprint density at radius 1 is 1.11 bits per heavy atom. The van der Waals surface area contributed by atoms with Crippen molar-refractivity contribution >= 4 is 83.8 Å². The van der Waals surface area contributed by atoms with Crippen LogP contribution in [0.15, 0.2) is 73.4 Å². The van der Waals surface area contributed by atoms with Crippen LogP contribution in [-0.2, 0) is 10.2 Å². The Kier molecular flexibility index (Phi) is 8.62. The van der Waals surface area contributed by atoms with Gasteiger partial charge in [-0.15, -0.1) is 0 Å². The summed E-state index contributed by atoms with van der Waals surface area (Å²) < 4.78 is 8.26. The second kappa shape index (κ2) is 11.6. The van der Waals surface area contributed by atoms with Gasteiger partial charge in [0.1, 0.15) is 5.82 Å². The topological polar surface area (TPSA) is 85.6 Å². The molecule has 7 nitrogen and oxygen atoms in total. The van der Waals surface area contributed by atoms with E-state index in [0.717, 1.165) is 4.47 Å². The fourth-order valence-electron chi connectivity index (χ4n) is 3.53. The van der Waals surface area contributed by atoms with Crippen LogP contribution < -0.4 is 15.6 Å². The van der Waals surface area contributed by atoms with Gasteiger partial charge in [-0.2, -0.15) is 9.78 Å². The first kappa shape index (κ1) is 28.3. The molecule has 0 aliphatic heterocycles. The third-order valence-electron chi connectivity index (χ3n) is 5.30. The van der Waals surface area contributed by atoms with Crippen molar-refractivity contribution in [3.8, 4) is 5.75 Å². The first-order valence-corrected chi connectivity index (χ1v) is 13.7. The van der Waals surface area contributed by atoms with Gasteiger partial charge in [-0.1, -0.05) is 59.9 Å². The van der Waals surface area contributed by atoms with E-state index in [0.29, 0.717) is 43.2 Å². The van der Waals surface area contributed by atoms with Gasteiger partial charge in [-0.25, -0.2) is 4.98 Å². The van der Waals surface area contributed by atoms with Crippen LogP contribution in [0.1, 0.15) is 32.2 Å². The van der Waals surface area contributed by atoms with Crippen molar-refractivity contribution in [3.63, 3.8) is 0 Å². The number of nitrogens with zero attached hydrogens (tertiary/aromatic N) is 3. The SMILES string of the molecule is CC(C)(C)c1nc2ccc(Br)cc2c(=O)n1N=Cc1cc(Cl)c(OCC(=O)Nc2ccc(Cl)cc2)c(Br)c1. The molecular weight excluding hydrogens is 659 g/mol. The molecular formula is C27H22Br2Cl2N4O3. The van der Waals surface area contributed by atoms with Gasteiger partial charge in [0.05, 0.1) is 26.6 Å². The number of aromatic nitrogens is 2. The smallest absolute Gasteiger partial charge is 0.282 e. The first-order chi connectivity index (χ1) is 17.9. The third kappa shape index (κ3) is 6.64. The van der Waals surface area contributed by atoms with Crippen molar-refractivity contribution in [2.24, 2.45) is 5.10 Å². The molecule has 4 rings (SSSR count). The quantitative estimate of drug-likeness (QED) is 0.215. The fraction of sp³-hybridized carbons (Fsp3) is 0.185. The summed E-state index contributed by atoms with van der Waals surface area (Å²) in [6, 6.07) is 15.5. The van der Waals surface area contributed by atoms with Gasteiger partial charge in [0.2, 0.25) is 0 Å². The molecule has 0 atom stereocenters. The second-order valence-corrected chi connectivity index (χ2v) is 12.0. The zero-order chi connectivity index (χ0) is 27.6. The van der Waals surface area contributed by atoms with Crippen LogP contribution in [0.2, 0.25) is 10.0 Å². The van der Waals surface area contributed by atoms with Gasteiger partial charge >= 0.3 is 0 Å². The lowest BCUT2D eigenvalue weighted by Gasteiger charge is -2.20. The van der Waals surface area contributed by atoms with Crippen molar-refractivity contribution in [1.82, 2.24) is 9.66 Å². The maximum atomic E-state index is 13.3. The third-order valence-corrected chi connectivity index (χ3v) is 6.91. The Labute approximate surface area is 246 Å². The average Bonchev–Trinajstić information content (AvgIpc) is 2.84. The van der Waals surface area contributed by atoms with Crippen molar-refractivity contribution in [2.75, 3.05) is 11.9 Å². The highest BCUT2D eigenvalue weighted by Gasteiger charge is 2.23. The normalized spacial score (nSPS) is 11.8. The number of nitrogens with one attached hydrogen (secondary N) is 1. The molecule has 38 heavy (non-hydrogen) atoms. The average molecular weight is 681 g/mol. The number of hydrogen-bond donors (Lipinski definition) is 1. The van der Waals surface area contributed by atoms with Crippen LogP contribution in [0.5, 0.6) is 5.75 Å². The molecule has 0 aliphatic carbocycles. The predicted molar refractivity (Wildman–Crippen MR) is 160 cm³/mol. The van der Waals surface area contributed by atoms with Gasteiger partial charge in [0.15, 0.2) is 12.4 Å². The van der Waals surface area contributed by atoms with Crippen molar-refractivity contribution < 1.29 is 9.53 Å². The van der Waals surface area contributed by atoms with E-state index in [9.17, 15) is 9.59 Å². The van der Waals surface area contributed by atoms with E-state index in [4.69, 9.17) is 32.9 Å². The van der Waals surface area contributed by atoms with Gasteiger partial charge in [-0.3, -0.25) is 9.59 Å². The molecule has 0 spiro atoms. The zero-order valence-electron chi connectivity index (χ0n) is 20.6. The molecule has 0 bridgehead atoms. The number of halogens is 4. The summed E-state index contributed by atoms with van der Waals surface area (Å²) in [4.78, 5) is 30.3. The molecule has 1 heterocycles. The number of ether oxygens (including phenoxy) is 1. The lowest BCUT2D eigenvalue weighted by atomic mass is 9.95. The lowest BCUT2D eigenvalue weighted by molar-refractivity contribution is -0.118. The minimum absolute atomic E-state index is 0.253. The Morgan fingerprint density at radius 3 is 2.47 bits per heavy atom. The van der Waals surface area contributed by atoms with E-state index in [-0.39, 0.29) is 23.1 Å². The van der Waals surface area contributed by atoms with Crippen LogP contribution in [0.4, 0.5) is 5.69 Å². The summed E-state index contributed by atoms with van der Waals surface area (Å²) in [6.07, 6.45) is 1.52. The van der Waals surface area contributed by atoms with Crippen molar-refractivity contribution in [3.05, 3.63) is 95.3 Å². The molecule has 4 aromatic rings. The molecule has 196 valence electrons. The summed E-state index contributed by atoms with van der Waals surface area (Å²) in [6.45, 7) is 5.65. The largest absolute Gasteiger partial charge is 0.481 e. The molecule has 0 saturated heterocycles. The van der Waals surface area contributed by atoms with Crippen LogP contribution in [0, 0.1) is 0 Å². The number of carbonyl (C=O) groups excluding carboxylic acids is 1. The van der Waals surface area contributed by atoms with E-state index < -0.39 is 5.41 Å². The summed E-state index contributed by atoms with van der Waals surface area (Å²) >= 11 is 19.2. The highest BCUT2D eigenvalue weighted by molar-refractivity contribution is 9.10. The molecule has 1 N–H and O–H groups in total. The standard InChI is InChI=1S/C27H22Br2Cl2N4O3/c1-27(2,3)26-34-22-9-4-16(28)12-19(22)25(37)35(26)32-13-15-10-20(29)24(21(31)11-15)38-14-23(36)33-18-7-5-17(30)6-8-18/h4-13H,14H2,1-3H3,(H,33,36). The lowest BCUT2D eigenvalue weighted by Crippen LogP contribution is -2.29. The Balaban J connectivity index is 1.58. The van der Waals surface area contributed by atoms with E-state index >= 15 is 0 Å². The number of benzene rings is 3. The molecule has 0 fully saturated rings. The Hall–Kier alpha value is -2.72. The molecule has 0 aliphatic rings. The number of anilines is 1. The minimum Gasteiger partial charge on any atom is -0.481 e. The molecule has 3 aromatic carbocycles. The first-order valence-electron chi connectivity index (χ1n) is 11.4. The summed E-state index contributed by atoms with van der Waals surface area (Å²) in [7, 11) is 0. The predicted octanol–water partition coefficient (Wildman–Crippen LogP) is 7.43. The zero-order valence-corrected chi connectivity index (χ0v) is 25.2. The summed E-state index contributed by atoms with van der Waals surface area (Å²) in [5.74, 6) is 0.468. The molecule has 0 unspecified atom stereocenters. The van der Waals surface area contributed by atoms with E-state index in [1.165, 1.54) is 10.9 Å². The number of amides is 1. The van der Waals surface area contributed by atoms with E-state index in [1.807, 2.05) is 26.8 Å². The molecule has 11 heteroatoms. The highest BCUT2D eigenvalue weighted by atomic mass is 79.9. The number of hydrogen-bond acceptors (Lipinski definition) is 5. The van der Waals surface area contributed by atoms with Crippen LogP contribution in [-0.4, -0.2) is 28.4 Å². The maximum Gasteiger partial charge on any atom is 0.282 e. The molecule has 0 radical (unpaired) electrons. The highest BCUT2D eigenvalue weighted by Crippen LogP contribution is 2.34. The van der Waals surface area contributed by atoms with E-state index in [1.54, 1.807) is 48.5 Å². The number of carbonyl (C=O) groups is 1. The van der Waals surface area contributed by atoms with Gasteiger partial charge < -0.3 is 10.1 Å². The van der Waals surface area contributed by atoms with Crippen LogP contribution >= 0.6 is 55.1 Å². The maximum absolute atomic E-state index is 13.3.